The molecule has 0 radical (unpaired) electrons. The first-order chi connectivity index (χ1) is 12.2. The molecule has 0 aliphatic heterocycles. The van der Waals surface area contributed by atoms with Crippen molar-refractivity contribution < 1.29 is 8.42 Å². The molecule has 26 heavy (non-hydrogen) atoms. The number of aromatic nitrogens is 2. The number of benzene rings is 2. The van der Waals surface area contributed by atoms with Crippen molar-refractivity contribution in [3.63, 3.8) is 0 Å². The van der Waals surface area contributed by atoms with E-state index in [9.17, 15) is 8.42 Å². The lowest BCUT2D eigenvalue weighted by atomic mass is 9.92. The van der Waals surface area contributed by atoms with E-state index in [1.807, 2.05) is 70.2 Å². The van der Waals surface area contributed by atoms with Crippen LogP contribution in [0.3, 0.4) is 0 Å². The van der Waals surface area contributed by atoms with E-state index >= 15 is 0 Å². The van der Waals surface area contributed by atoms with Gasteiger partial charge in [-0.05, 0) is 36.8 Å². The number of anilines is 1. The minimum absolute atomic E-state index is 0.190. The van der Waals surface area contributed by atoms with Gasteiger partial charge in [0.2, 0.25) is 0 Å². The Kier molecular flexibility index (Phi) is 4.63. The lowest BCUT2D eigenvalue weighted by Gasteiger charge is -2.18. The van der Waals surface area contributed by atoms with Crippen LogP contribution in [-0.4, -0.2) is 18.2 Å². The zero-order valence-corrected chi connectivity index (χ0v) is 16.2. The van der Waals surface area contributed by atoms with Gasteiger partial charge in [0.15, 0.2) is 0 Å². The largest absolute Gasteiger partial charge is 0.280 e. The second kappa shape index (κ2) is 6.61. The molecule has 1 heterocycles. The first-order valence-corrected chi connectivity index (χ1v) is 9.90. The summed E-state index contributed by atoms with van der Waals surface area (Å²) < 4.78 is 30.4. The van der Waals surface area contributed by atoms with E-state index in [1.165, 1.54) is 0 Å². The fourth-order valence-corrected chi connectivity index (χ4v) is 4.09. The number of para-hydroxylation sites is 1. The predicted octanol–water partition coefficient (Wildman–Crippen LogP) is 4.28. The molecule has 0 unspecified atom stereocenters. The lowest BCUT2D eigenvalue weighted by Crippen LogP contribution is -2.20. The van der Waals surface area contributed by atoms with Gasteiger partial charge < -0.3 is 0 Å². The topological polar surface area (TPSA) is 64.0 Å². The number of nitrogens with zero attached hydrogens (tertiary/aromatic N) is 2. The van der Waals surface area contributed by atoms with Crippen molar-refractivity contribution in [2.75, 3.05) is 4.72 Å². The summed E-state index contributed by atoms with van der Waals surface area (Å²) in [5.74, 6) is 0. The summed E-state index contributed by atoms with van der Waals surface area (Å²) in [6, 6.07) is 16.8. The predicted molar refractivity (Wildman–Crippen MR) is 104 cm³/mol. The van der Waals surface area contributed by atoms with Crippen LogP contribution in [-0.2, 0) is 15.4 Å². The Morgan fingerprint density at radius 3 is 2.31 bits per heavy atom. The first kappa shape index (κ1) is 18.2. The highest BCUT2D eigenvalue weighted by atomic mass is 32.2. The molecule has 0 saturated carbocycles. The number of hydrogen-bond acceptors (Lipinski definition) is 3. The molecule has 0 bridgehead atoms. The van der Waals surface area contributed by atoms with Crippen LogP contribution in [0.2, 0.25) is 0 Å². The maximum atomic E-state index is 13.1. The second-order valence-corrected chi connectivity index (χ2v) is 9.00. The fraction of sp³-hybridized carbons (Fsp3) is 0.250. The first-order valence-electron chi connectivity index (χ1n) is 8.42. The second-order valence-electron chi connectivity index (χ2n) is 7.35. The molecule has 0 aliphatic carbocycles. The van der Waals surface area contributed by atoms with E-state index < -0.39 is 15.4 Å². The van der Waals surface area contributed by atoms with Crippen molar-refractivity contribution >= 4 is 15.7 Å². The van der Waals surface area contributed by atoms with Gasteiger partial charge in [-0.25, -0.2) is 13.1 Å². The molecular formula is C20H23N3O2S. The quantitative estimate of drug-likeness (QED) is 0.746. The Balaban J connectivity index is 2.09. The number of sulfonamides is 1. The standard InChI is InChI=1S/C20H23N3O2S/c1-15-9-8-10-16(13-15)22-26(24,25)18-14-23(17-11-6-5-7-12-17)21-19(18)20(2,3)4/h5-14,22H,1-4H3. The van der Waals surface area contributed by atoms with E-state index in [2.05, 4.69) is 9.82 Å². The monoisotopic (exact) mass is 369 g/mol. The smallest absolute Gasteiger partial charge is 0.265 e. The summed E-state index contributed by atoms with van der Waals surface area (Å²) in [6.45, 7) is 7.79. The Labute approximate surface area is 154 Å². The molecule has 0 fully saturated rings. The fourth-order valence-electron chi connectivity index (χ4n) is 2.71. The van der Waals surface area contributed by atoms with Gasteiger partial charge in [-0.2, -0.15) is 5.10 Å². The van der Waals surface area contributed by atoms with E-state index in [1.54, 1.807) is 23.0 Å². The zero-order chi connectivity index (χ0) is 18.9. The molecular weight excluding hydrogens is 346 g/mol. The van der Waals surface area contributed by atoms with E-state index in [0.29, 0.717) is 11.4 Å². The molecule has 2 aromatic carbocycles. The molecule has 0 amide bonds. The van der Waals surface area contributed by atoms with Crippen molar-refractivity contribution in [1.82, 2.24) is 9.78 Å². The number of nitrogens with one attached hydrogen (secondary N) is 1. The van der Waals surface area contributed by atoms with Crippen molar-refractivity contribution in [2.45, 2.75) is 38.0 Å². The van der Waals surface area contributed by atoms with Gasteiger partial charge in [0.1, 0.15) is 4.90 Å². The molecule has 3 aromatic rings. The van der Waals surface area contributed by atoms with E-state index in [0.717, 1.165) is 11.3 Å². The molecule has 1 N–H and O–H groups in total. The van der Waals surface area contributed by atoms with Crippen LogP contribution in [0.25, 0.3) is 5.69 Å². The average Bonchev–Trinajstić information content (AvgIpc) is 3.02. The molecule has 136 valence electrons. The SMILES string of the molecule is Cc1cccc(NS(=O)(=O)c2cn(-c3ccccc3)nc2C(C)(C)C)c1. The van der Waals surface area contributed by atoms with E-state index in [-0.39, 0.29) is 4.90 Å². The Hall–Kier alpha value is -2.60. The van der Waals surface area contributed by atoms with Crippen LogP contribution in [0.1, 0.15) is 32.0 Å². The molecule has 1 aromatic heterocycles. The van der Waals surface area contributed by atoms with Crippen LogP contribution < -0.4 is 4.72 Å². The lowest BCUT2D eigenvalue weighted by molar-refractivity contribution is 0.543. The highest BCUT2D eigenvalue weighted by molar-refractivity contribution is 7.92. The Morgan fingerprint density at radius 2 is 1.69 bits per heavy atom. The summed E-state index contributed by atoms with van der Waals surface area (Å²) in [4.78, 5) is 0.190. The number of hydrogen-bond donors (Lipinski definition) is 1. The summed E-state index contributed by atoms with van der Waals surface area (Å²) in [5.41, 5.74) is 2.45. The molecule has 3 rings (SSSR count). The normalized spacial score (nSPS) is 12.2. The molecule has 6 heteroatoms. The van der Waals surface area contributed by atoms with Crippen LogP contribution in [0.4, 0.5) is 5.69 Å². The molecule has 5 nitrogen and oxygen atoms in total. The average molecular weight is 369 g/mol. The molecule has 0 atom stereocenters. The van der Waals surface area contributed by atoms with Gasteiger partial charge in [0.25, 0.3) is 10.0 Å². The molecule has 0 aliphatic rings. The summed E-state index contributed by atoms with van der Waals surface area (Å²) in [6.07, 6.45) is 1.58. The van der Waals surface area contributed by atoms with Crippen molar-refractivity contribution in [3.8, 4) is 5.69 Å². The van der Waals surface area contributed by atoms with Crippen molar-refractivity contribution in [1.29, 1.82) is 0 Å². The zero-order valence-electron chi connectivity index (χ0n) is 15.4. The molecule has 0 spiro atoms. The van der Waals surface area contributed by atoms with Gasteiger partial charge in [-0.15, -0.1) is 0 Å². The summed E-state index contributed by atoms with van der Waals surface area (Å²) in [5, 5.41) is 4.57. The van der Waals surface area contributed by atoms with Crippen LogP contribution >= 0.6 is 0 Å². The number of rotatable bonds is 4. The van der Waals surface area contributed by atoms with Gasteiger partial charge in [-0.3, -0.25) is 4.72 Å². The van der Waals surface area contributed by atoms with Gasteiger partial charge in [0, 0.05) is 11.1 Å². The Bertz CT molecular complexity index is 1020. The third-order valence-electron chi connectivity index (χ3n) is 3.97. The number of aryl methyl sites for hydroxylation is 1. The third-order valence-corrected chi connectivity index (χ3v) is 5.35. The minimum Gasteiger partial charge on any atom is -0.280 e. The maximum Gasteiger partial charge on any atom is 0.265 e. The molecule has 0 saturated heterocycles. The maximum absolute atomic E-state index is 13.1. The van der Waals surface area contributed by atoms with Crippen LogP contribution in [0.5, 0.6) is 0 Å². The Morgan fingerprint density at radius 1 is 1.00 bits per heavy atom. The van der Waals surface area contributed by atoms with Crippen molar-refractivity contribution in [3.05, 3.63) is 72.1 Å². The van der Waals surface area contributed by atoms with E-state index in [4.69, 9.17) is 0 Å². The summed E-state index contributed by atoms with van der Waals surface area (Å²) >= 11 is 0. The highest BCUT2D eigenvalue weighted by Gasteiger charge is 2.30. The van der Waals surface area contributed by atoms with Gasteiger partial charge in [0.05, 0.1) is 17.6 Å². The minimum atomic E-state index is -3.76. The van der Waals surface area contributed by atoms with Crippen LogP contribution in [0.15, 0.2) is 65.7 Å². The van der Waals surface area contributed by atoms with Crippen molar-refractivity contribution in [2.24, 2.45) is 0 Å². The van der Waals surface area contributed by atoms with Gasteiger partial charge in [-0.1, -0.05) is 51.1 Å². The van der Waals surface area contributed by atoms with Crippen LogP contribution in [0, 0.1) is 6.92 Å². The van der Waals surface area contributed by atoms with Gasteiger partial charge >= 0.3 is 0 Å². The summed E-state index contributed by atoms with van der Waals surface area (Å²) in [7, 11) is -3.76. The third kappa shape index (κ3) is 3.80. The highest BCUT2D eigenvalue weighted by Crippen LogP contribution is 2.30.